The van der Waals surface area contributed by atoms with Gasteiger partial charge in [-0.1, -0.05) is 11.6 Å². The maximum absolute atomic E-state index is 13.7. The molecule has 142 valence electrons. The van der Waals surface area contributed by atoms with Gasteiger partial charge in [-0.25, -0.2) is 13.8 Å². The van der Waals surface area contributed by atoms with Crippen LogP contribution < -0.4 is 4.90 Å². The topological polar surface area (TPSA) is 55.3 Å². The summed E-state index contributed by atoms with van der Waals surface area (Å²) >= 11 is 5.92. The molecular weight excluding hydrogens is 376 g/mol. The van der Waals surface area contributed by atoms with Crippen molar-refractivity contribution >= 4 is 23.7 Å². The maximum Gasteiger partial charge on any atom is 0.218 e. The van der Waals surface area contributed by atoms with Gasteiger partial charge in [0.15, 0.2) is 5.82 Å². The van der Waals surface area contributed by atoms with Gasteiger partial charge < -0.3 is 4.74 Å². The van der Waals surface area contributed by atoms with E-state index in [0.717, 1.165) is 17.8 Å². The molecular formula is C19H18ClF2N3O2. The van der Waals surface area contributed by atoms with Crippen LogP contribution in [0.3, 0.4) is 0 Å². The van der Waals surface area contributed by atoms with Crippen LogP contribution in [0.2, 0.25) is 5.15 Å². The Morgan fingerprint density at radius 2 is 2.04 bits per heavy atom. The zero-order chi connectivity index (χ0) is 20.0. The number of amides is 1. The first-order valence-electron chi connectivity index (χ1n) is 7.99. The van der Waals surface area contributed by atoms with Crippen molar-refractivity contribution in [2.75, 3.05) is 4.90 Å². The van der Waals surface area contributed by atoms with Crippen LogP contribution in [0, 0.1) is 18.6 Å². The molecule has 0 saturated carbocycles. The van der Waals surface area contributed by atoms with Gasteiger partial charge in [-0.3, -0.25) is 14.7 Å². The fourth-order valence-electron chi connectivity index (χ4n) is 2.26. The lowest BCUT2D eigenvalue weighted by Gasteiger charge is -2.21. The number of hydrogen-bond donors (Lipinski definition) is 0. The molecule has 8 heteroatoms. The number of hydrogen-bond acceptors (Lipinski definition) is 4. The highest BCUT2D eigenvalue weighted by Gasteiger charge is 2.13. The van der Waals surface area contributed by atoms with Crippen molar-refractivity contribution in [2.45, 2.75) is 27.4 Å². The van der Waals surface area contributed by atoms with Crippen LogP contribution in [0.15, 0.2) is 48.1 Å². The predicted octanol–water partition coefficient (Wildman–Crippen LogP) is 4.70. The number of halogens is 3. The van der Waals surface area contributed by atoms with Gasteiger partial charge in [-0.2, -0.15) is 0 Å². The first-order valence-corrected chi connectivity index (χ1v) is 8.37. The minimum absolute atomic E-state index is 0.0224. The van der Waals surface area contributed by atoms with E-state index in [0.29, 0.717) is 23.6 Å². The average molecular weight is 394 g/mol. The standard InChI is InChI=1S/C19H18ClF2N3O2/c1-4-15(27-10-17-16(22)6-14(21)9-23-17)5-13(3)25(11-26)18-7-19(20)24-8-12(18)2/h4-9,11H,10H2,1-3H3/b13-5-,15-4+. The predicted molar refractivity (Wildman–Crippen MR) is 99.0 cm³/mol. The molecule has 2 rings (SSSR count). The molecule has 0 radical (unpaired) electrons. The van der Waals surface area contributed by atoms with E-state index >= 15 is 0 Å². The van der Waals surface area contributed by atoms with Gasteiger partial charge in [-0.15, -0.1) is 0 Å². The fourth-order valence-corrected chi connectivity index (χ4v) is 2.41. The van der Waals surface area contributed by atoms with E-state index < -0.39 is 11.6 Å². The molecule has 0 unspecified atom stereocenters. The van der Waals surface area contributed by atoms with E-state index in [2.05, 4.69) is 9.97 Å². The zero-order valence-electron chi connectivity index (χ0n) is 15.0. The number of carbonyl (C=O) groups is 1. The smallest absolute Gasteiger partial charge is 0.218 e. The number of pyridine rings is 2. The molecule has 2 aromatic rings. The second-order valence-electron chi connectivity index (χ2n) is 5.62. The molecule has 0 atom stereocenters. The molecule has 0 aliphatic heterocycles. The Labute approximate surface area is 161 Å². The third-order valence-corrected chi connectivity index (χ3v) is 3.89. The largest absolute Gasteiger partial charge is 0.487 e. The van der Waals surface area contributed by atoms with Gasteiger partial charge >= 0.3 is 0 Å². The summed E-state index contributed by atoms with van der Waals surface area (Å²) in [5.74, 6) is -1.16. The van der Waals surface area contributed by atoms with E-state index in [1.807, 2.05) is 0 Å². The highest BCUT2D eigenvalue weighted by atomic mass is 35.5. The molecule has 0 N–H and O–H groups in total. The Morgan fingerprint density at radius 1 is 1.30 bits per heavy atom. The zero-order valence-corrected chi connectivity index (χ0v) is 15.8. The number of rotatable bonds is 7. The molecule has 27 heavy (non-hydrogen) atoms. The lowest BCUT2D eigenvalue weighted by atomic mass is 10.2. The first kappa shape index (κ1) is 20.5. The summed E-state index contributed by atoms with van der Waals surface area (Å²) in [6.45, 7) is 5.06. The van der Waals surface area contributed by atoms with Gasteiger partial charge in [0.05, 0.1) is 11.9 Å². The van der Waals surface area contributed by atoms with E-state index in [4.69, 9.17) is 16.3 Å². The van der Waals surface area contributed by atoms with Crippen LogP contribution in [0.1, 0.15) is 25.1 Å². The maximum atomic E-state index is 13.7. The van der Waals surface area contributed by atoms with Crippen molar-refractivity contribution in [1.29, 1.82) is 0 Å². The Hall–Kier alpha value is -2.80. The average Bonchev–Trinajstić information content (AvgIpc) is 2.63. The normalized spacial score (nSPS) is 12.1. The van der Waals surface area contributed by atoms with Gasteiger partial charge in [0, 0.05) is 18.0 Å². The van der Waals surface area contributed by atoms with Crippen LogP contribution in [0.4, 0.5) is 14.5 Å². The van der Waals surface area contributed by atoms with Crippen molar-refractivity contribution in [2.24, 2.45) is 0 Å². The molecule has 0 spiro atoms. The van der Waals surface area contributed by atoms with Crippen molar-refractivity contribution < 1.29 is 18.3 Å². The second-order valence-corrected chi connectivity index (χ2v) is 6.00. The molecule has 0 fully saturated rings. The monoisotopic (exact) mass is 393 g/mol. The van der Waals surface area contributed by atoms with Gasteiger partial charge in [0.2, 0.25) is 6.41 Å². The summed E-state index contributed by atoms with van der Waals surface area (Å²) in [4.78, 5) is 20.6. The Bertz CT molecular complexity index is 901. The first-order chi connectivity index (χ1) is 12.8. The molecule has 0 saturated heterocycles. The fraction of sp³-hybridized carbons (Fsp3) is 0.211. The SMILES string of the molecule is C/C=C(\C=C(\C)N(C=O)c1cc(Cl)ncc1C)OCc1ncc(F)cc1F. The van der Waals surface area contributed by atoms with Crippen molar-refractivity contribution in [3.05, 3.63) is 76.2 Å². The molecule has 0 aromatic carbocycles. The minimum Gasteiger partial charge on any atom is -0.487 e. The number of ether oxygens (including phenoxy) is 1. The van der Waals surface area contributed by atoms with Crippen LogP contribution >= 0.6 is 11.6 Å². The highest BCUT2D eigenvalue weighted by molar-refractivity contribution is 6.29. The van der Waals surface area contributed by atoms with Gasteiger partial charge in [0.1, 0.15) is 29.0 Å². The number of anilines is 1. The number of aryl methyl sites for hydroxylation is 1. The number of aromatic nitrogens is 2. The summed E-state index contributed by atoms with van der Waals surface area (Å²) in [5, 5.41) is 0.260. The van der Waals surface area contributed by atoms with Crippen LogP contribution in [0.5, 0.6) is 0 Å². The third-order valence-electron chi connectivity index (χ3n) is 3.68. The van der Waals surface area contributed by atoms with E-state index in [1.165, 1.54) is 4.90 Å². The Balaban J connectivity index is 2.19. The van der Waals surface area contributed by atoms with Gasteiger partial charge in [0.25, 0.3) is 0 Å². The van der Waals surface area contributed by atoms with Crippen LogP contribution in [-0.4, -0.2) is 16.4 Å². The molecule has 2 aromatic heterocycles. The molecule has 5 nitrogen and oxygen atoms in total. The van der Waals surface area contributed by atoms with Crippen molar-refractivity contribution in [3.63, 3.8) is 0 Å². The molecule has 2 heterocycles. The quantitative estimate of drug-likeness (QED) is 0.296. The summed E-state index contributed by atoms with van der Waals surface area (Å²) in [6, 6.07) is 2.32. The minimum atomic E-state index is -0.789. The summed E-state index contributed by atoms with van der Waals surface area (Å²) in [6.07, 6.45) is 6.41. The van der Waals surface area contributed by atoms with Gasteiger partial charge in [-0.05, 0) is 44.6 Å². The second kappa shape index (κ2) is 9.23. The lowest BCUT2D eigenvalue weighted by Crippen LogP contribution is -2.20. The van der Waals surface area contributed by atoms with E-state index in [9.17, 15) is 13.6 Å². The molecule has 0 bridgehead atoms. The van der Waals surface area contributed by atoms with Crippen LogP contribution in [-0.2, 0) is 16.1 Å². The molecule has 1 amide bonds. The van der Waals surface area contributed by atoms with E-state index in [-0.39, 0.29) is 17.5 Å². The number of allylic oxidation sites excluding steroid dienone is 3. The number of nitrogens with zero attached hydrogens (tertiary/aromatic N) is 3. The van der Waals surface area contributed by atoms with E-state index in [1.54, 1.807) is 45.2 Å². The highest BCUT2D eigenvalue weighted by Crippen LogP contribution is 2.25. The third kappa shape index (κ3) is 5.34. The summed E-state index contributed by atoms with van der Waals surface area (Å²) in [7, 11) is 0. The van der Waals surface area contributed by atoms with Crippen molar-refractivity contribution in [3.8, 4) is 0 Å². The summed E-state index contributed by atoms with van der Waals surface area (Å²) < 4.78 is 32.1. The number of carbonyl (C=O) groups excluding carboxylic acids is 1. The summed E-state index contributed by atoms with van der Waals surface area (Å²) in [5.41, 5.74) is 1.88. The molecule has 0 aliphatic rings. The van der Waals surface area contributed by atoms with Crippen molar-refractivity contribution in [1.82, 2.24) is 9.97 Å². The lowest BCUT2D eigenvalue weighted by molar-refractivity contribution is -0.107. The molecule has 0 aliphatic carbocycles. The Kier molecular flexibility index (Phi) is 7.01. The van der Waals surface area contributed by atoms with Crippen LogP contribution in [0.25, 0.3) is 0 Å². The Morgan fingerprint density at radius 3 is 2.67 bits per heavy atom.